The minimum Gasteiger partial charge on any atom is -0.379 e. The molecule has 0 bridgehead atoms. The fraction of sp³-hybridized carbons (Fsp3) is 0.333. The summed E-state index contributed by atoms with van der Waals surface area (Å²) >= 11 is 0. The van der Waals surface area contributed by atoms with E-state index in [-0.39, 0.29) is 0 Å². The SMILES string of the molecule is c1ccc2c(NCN3CCOCC3)cccc2c1.c1ccc2cc(NCN3CCOCC3)ccc2c1. The second-order valence-electron chi connectivity index (χ2n) is 9.22. The van der Waals surface area contributed by atoms with Gasteiger partial charge in [0.2, 0.25) is 0 Å². The topological polar surface area (TPSA) is 49.0 Å². The lowest BCUT2D eigenvalue weighted by Crippen LogP contribution is -2.39. The molecule has 2 heterocycles. The molecule has 0 aliphatic carbocycles. The highest BCUT2D eigenvalue weighted by molar-refractivity contribution is 5.93. The fourth-order valence-corrected chi connectivity index (χ4v) is 4.60. The molecule has 6 heteroatoms. The van der Waals surface area contributed by atoms with E-state index < -0.39 is 0 Å². The predicted molar refractivity (Wildman–Crippen MR) is 150 cm³/mol. The summed E-state index contributed by atoms with van der Waals surface area (Å²) in [6.45, 7) is 9.21. The monoisotopic (exact) mass is 484 g/mol. The minimum absolute atomic E-state index is 0.844. The summed E-state index contributed by atoms with van der Waals surface area (Å²) in [5, 5.41) is 12.1. The van der Waals surface area contributed by atoms with Crippen molar-refractivity contribution in [3.05, 3.63) is 84.9 Å². The van der Waals surface area contributed by atoms with Crippen LogP contribution in [0.1, 0.15) is 0 Å². The summed E-state index contributed by atoms with van der Waals surface area (Å²) < 4.78 is 10.7. The quantitative estimate of drug-likeness (QED) is 0.398. The van der Waals surface area contributed by atoms with E-state index in [2.05, 4.69) is 105 Å². The van der Waals surface area contributed by atoms with Gasteiger partial charge in [-0.2, -0.15) is 0 Å². The van der Waals surface area contributed by atoms with Crippen LogP contribution in [0.25, 0.3) is 21.5 Å². The van der Waals surface area contributed by atoms with Gasteiger partial charge in [-0.1, -0.05) is 66.7 Å². The van der Waals surface area contributed by atoms with Crippen LogP contribution in [0.15, 0.2) is 84.9 Å². The van der Waals surface area contributed by atoms with E-state index in [0.717, 1.165) is 65.9 Å². The Morgan fingerprint density at radius 2 is 1.14 bits per heavy atom. The Hall–Kier alpha value is -3.16. The molecule has 2 N–H and O–H groups in total. The van der Waals surface area contributed by atoms with Gasteiger partial charge in [-0.05, 0) is 34.4 Å². The fourth-order valence-electron chi connectivity index (χ4n) is 4.60. The molecular formula is C30H36N4O2. The predicted octanol–water partition coefficient (Wildman–Crippen LogP) is 5.08. The molecule has 6 rings (SSSR count). The van der Waals surface area contributed by atoms with Gasteiger partial charge in [-0.25, -0.2) is 0 Å². The van der Waals surface area contributed by atoms with Crippen molar-refractivity contribution in [1.82, 2.24) is 9.80 Å². The molecule has 2 saturated heterocycles. The first-order chi connectivity index (χ1) is 17.8. The van der Waals surface area contributed by atoms with Crippen molar-refractivity contribution in [2.24, 2.45) is 0 Å². The number of anilines is 2. The normalized spacial score (nSPS) is 16.9. The second kappa shape index (κ2) is 12.7. The van der Waals surface area contributed by atoms with E-state index >= 15 is 0 Å². The largest absolute Gasteiger partial charge is 0.379 e. The molecule has 4 aromatic rings. The Bertz CT molecular complexity index is 1220. The van der Waals surface area contributed by atoms with Crippen LogP contribution < -0.4 is 10.6 Å². The maximum Gasteiger partial charge on any atom is 0.0680 e. The zero-order chi connectivity index (χ0) is 24.4. The molecule has 2 aliphatic heterocycles. The molecule has 2 aliphatic rings. The van der Waals surface area contributed by atoms with Crippen molar-refractivity contribution in [3.63, 3.8) is 0 Å². The molecule has 188 valence electrons. The van der Waals surface area contributed by atoms with Gasteiger partial charge >= 0.3 is 0 Å². The highest BCUT2D eigenvalue weighted by atomic mass is 16.5. The number of fused-ring (bicyclic) bond motifs is 2. The zero-order valence-corrected chi connectivity index (χ0v) is 20.9. The molecule has 0 radical (unpaired) electrons. The minimum atomic E-state index is 0.844. The summed E-state index contributed by atoms with van der Waals surface area (Å²) in [7, 11) is 0. The Labute approximate surface area is 213 Å². The lowest BCUT2D eigenvalue weighted by Gasteiger charge is -2.27. The summed E-state index contributed by atoms with van der Waals surface area (Å²) in [6.07, 6.45) is 0. The van der Waals surface area contributed by atoms with Gasteiger partial charge in [0.25, 0.3) is 0 Å². The van der Waals surface area contributed by atoms with E-state index in [1.165, 1.54) is 32.9 Å². The third kappa shape index (κ3) is 6.74. The standard InChI is InChI=1S/2C15H18N2O/c1-2-6-14-13(4-1)5-3-7-15(14)16-12-17-8-10-18-11-9-17;1-2-4-14-11-15(6-5-13(14)3-1)16-12-17-7-9-18-10-8-17/h1-7,16H,8-12H2;1-6,11,16H,7-10,12H2. The van der Waals surface area contributed by atoms with E-state index in [1.54, 1.807) is 0 Å². The average Bonchev–Trinajstić information content (AvgIpc) is 2.96. The van der Waals surface area contributed by atoms with E-state index in [4.69, 9.17) is 9.47 Å². The summed E-state index contributed by atoms with van der Waals surface area (Å²) in [5.41, 5.74) is 2.39. The van der Waals surface area contributed by atoms with Crippen molar-refractivity contribution in [2.45, 2.75) is 0 Å². The van der Waals surface area contributed by atoms with Crippen LogP contribution in [0.4, 0.5) is 11.4 Å². The molecule has 6 nitrogen and oxygen atoms in total. The highest BCUT2D eigenvalue weighted by Crippen LogP contribution is 2.23. The third-order valence-corrected chi connectivity index (χ3v) is 6.75. The van der Waals surface area contributed by atoms with Gasteiger partial charge in [0.15, 0.2) is 0 Å². The number of ether oxygens (including phenoxy) is 2. The van der Waals surface area contributed by atoms with Crippen molar-refractivity contribution in [3.8, 4) is 0 Å². The molecule has 0 atom stereocenters. The van der Waals surface area contributed by atoms with Crippen LogP contribution in [0.3, 0.4) is 0 Å². The smallest absolute Gasteiger partial charge is 0.0680 e. The van der Waals surface area contributed by atoms with Gasteiger partial charge in [-0.3, -0.25) is 9.80 Å². The molecule has 0 unspecified atom stereocenters. The van der Waals surface area contributed by atoms with E-state index in [1.807, 2.05) is 0 Å². The molecule has 0 spiro atoms. The van der Waals surface area contributed by atoms with Gasteiger partial charge < -0.3 is 20.1 Å². The summed E-state index contributed by atoms with van der Waals surface area (Å²) in [5.74, 6) is 0. The first kappa shape index (κ1) is 24.5. The summed E-state index contributed by atoms with van der Waals surface area (Å²) in [4.78, 5) is 4.75. The molecular weight excluding hydrogens is 448 g/mol. The number of hydrogen-bond donors (Lipinski definition) is 2. The number of nitrogens with zero attached hydrogens (tertiary/aromatic N) is 2. The lowest BCUT2D eigenvalue weighted by molar-refractivity contribution is 0.0414. The maximum atomic E-state index is 5.35. The molecule has 0 saturated carbocycles. The van der Waals surface area contributed by atoms with Crippen LogP contribution in [-0.4, -0.2) is 75.7 Å². The van der Waals surface area contributed by atoms with Gasteiger partial charge in [-0.15, -0.1) is 0 Å². The van der Waals surface area contributed by atoms with Crippen molar-refractivity contribution >= 4 is 32.9 Å². The van der Waals surface area contributed by atoms with Gasteiger partial charge in [0, 0.05) is 42.9 Å². The Morgan fingerprint density at radius 3 is 1.86 bits per heavy atom. The molecule has 36 heavy (non-hydrogen) atoms. The number of nitrogens with one attached hydrogen (secondary N) is 2. The van der Waals surface area contributed by atoms with Crippen LogP contribution in [-0.2, 0) is 9.47 Å². The van der Waals surface area contributed by atoms with Crippen LogP contribution in [0.2, 0.25) is 0 Å². The number of hydrogen-bond acceptors (Lipinski definition) is 6. The van der Waals surface area contributed by atoms with Gasteiger partial charge in [0.1, 0.15) is 0 Å². The lowest BCUT2D eigenvalue weighted by atomic mass is 10.1. The van der Waals surface area contributed by atoms with Crippen molar-refractivity contribution in [1.29, 1.82) is 0 Å². The molecule has 0 aromatic heterocycles. The van der Waals surface area contributed by atoms with Crippen LogP contribution in [0, 0.1) is 0 Å². The average molecular weight is 485 g/mol. The molecule has 2 fully saturated rings. The van der Waals surface area contributed by atoms with Crippen molar-refractivity contribution < 1.29 is 9.47 Å². The Kier molecular flexibility index (Phi) is 8.65. The van der Waals surface area contributed by atoms with Crippen LogP contribution >= 0.6 is 0 Å². The van der Waals surface area contributed by atoms with Gasteiger partial charge in [0.05, 0.1) is 39.8 Å². The summed E-state index contributed by atoms with van der Waals surface area (Å²) in [6, 6.07) is 29.8. The first-order valence-electron chi connectivity index (χ1n) is 12.9. The zero-order valence-electron chi connectivity index (χ0n) is 20.9. The molecule has 0 amide bonds. The number of morpholine rings is 2. The first-order valence-corrected chi connectivity index (χ1v) is 12.9. The van der Waals surface area contributed by atoms with Crippen LogP contribution in [0.5, 0.6) is 0 Å². The second-order valence-corrected chi connectivity index (χ2v) is 9.22. The maximum absolute atomic E-state index is 5.35. The highest BCUT2D eigenvalue weighted by Gasteiger charge is 2.10. The van der Waals surface area contributed by atoms with E-state index in [9.17, 15) is 0 Å². The third-order valence-electron chi connectivity index (χ3n) is 6.75. The number of rotatable bonds is 6. The Morgan fingerprint density at radius 1 is 0.556 bits per heavy atom. The molecule has 4 aromatic carbocycles. The Balaban J connectivity index is 0.000000148. The van der Waals surface area contributed by atoms with Crippen molar-refractivity contribution in [2.75, 3.05) is 76.6 Å². The number of benzene rings is 4. The van der Waals surface area contributed by atoms with E-state index in [0.29, 0.717) is 0 Å².